The number of carbonyl (C=O) groups excluding carboxylic acids is 1. The second-order valence-corrected chi connectivity index (χ2v) is 9.25. The van der Waals surface area contributed by atoms with Crippen LogP contribution >= 0.6 is 11.6 Å². The van der Waals surface area contributed by atoms with Gasteiger partial charge in [-0.3, -0.25) is 4.79 Å². The van der Waals surface area contributed by atoms with Crippen LogP contribution in [0.2, 0.25) is 5.02 Å². The van der Waals surface area contributed by atoms with Crippen LogP contribution < -0.4 is 0 Å². The Morgan fingerprint density at radius 1 is 1.15 bits per heavy atom. The molecule has 27 heavy (non-hydrogen) atoms. The molecule has 0 N–H and O–H groups in total. The quantitative estimate of drug-likeness (QED) is 0.574. The zero-order valence-corrected chi connectivity index (χ0v) is 16.3. The molecule has 1 heterocycles. The molecule has 2 aromatic carbocycles. The second-order valence-electron chi connectivity index (χ2n) is 6.59. The molecular formula is C20H19ClFNO3S. The van der Waals surface area contributed by atoms with E-state index in [4.69, 9.17) is 11.6 Å². The number of carbonyl (C=O) groups is 1. The van der Waals surface area contributed by atoms with Crippen LogP contribution in [0.25, 0.3) is 11.6 Å². The molecule has 0 spiro atoms. The van der Waals surface area contributed by atoms with Crippen molar-refractivity contribution in [2.75, 3.05) is 18.6 Å². The average molecular weight is 408 g/mol. The van der Waals surface area contributed by atoms with Crippen LogP contribution in [-0.4, -0.2) is 43.8 Å². The van der Waals surface area contributed by atoms with Gasteiger partial charge in [-0.1, -0.05) is 35.9 Å². The summed E-state index contributed by atoms with van der Waals surface area (Å²) < 4.78 is 36.8. The Morgan fingerprint density at radius 3 is 2.33 bits per heavy atom. The summed E-state index contributed by atoms with van der Waals surface area (Å²) in [6.07, 6.45) is 2.12. The molecule has 1 aliphatic rings. The maximum atomic E-state index is 13.3. The van der Waals surface area contributed by atoms with Crippen LogP contribution in [0, 0.1) is 5.82 Å². The van der Waals surface area contributed by atoms with Crippen LogP contribution in [0.4, 0.5) is 4.39 Å². The summed E-state index contributed by atoms with van der Waals surface area (Å²) in [6.45, 7) is 0. The summed E-state index contributed by atoms with van der Waals surface area (Å²) in [4.78, 5) is 14.6. The summed E-state index contributed by atoms with van der Waals surface area (Å²) in [5, 5.41) is 0.579. The number of sulfone groups is 1. The minimum Gasteiger partial charge on any atom is -0.338 e. The molecule has 1 fully saturated rings. The molecule has 3 rings (SSSR count). The highest BCUT2D eigenvalue weighted by molar-refractivity contribution is 7.91. The van der Waals surface area contributed by atoms with E-state index in [0.717, 1.165) is 5.56 Å². The topological polar surface area (TPSA) is 54.5 Å². The fourth-order valence-electron chi connectivity index (χ4n) is 3.06. The zero-order chi connectivity index (χ0) is 19.6. The lowest BCUT2D eigenvalue weighted by molar-refractivity contribution is -0.125. The van der Waals surface area contributed by atoms with Crippen molar-refractivity contribution >= 4 is 39.0 Å². The van der Waals surface area contributed by atoms with Gasteiger partial charge in [0.2, 0.25) is 0 Å². The van der Waals surface area contributed by atoms with Gasteiger partial charge in [0.05, 0.1) is 11.5 Å². The third kappa shape index (κ3) is 4.76. The predicted octanol–water partition coefficient (Wildman–Crippen LogP) is 3.67. The largest absolute Gasteiger partial charge is 0.338 e. The van der Waals surface area contributed by atoms with Crippen molar-refractivity contribution in [3.8, 4) is 0 Å². The van der Waals surface area contributed by atoms with Crippen molar-refractivity contribution < 1.29 is 17.6 Å². The molecule has 1 aliphatic heterocycles. The molecule has 0 saturated carbocycles. The molecule has 4 nitrogen and oxygen atoms in total. The number of nitrogens with zero attached hydrogens (tertiary/aromatic N) is 1. The number of amides is 1. The van der Waals surface area contributed by atoms with E-state index in [2.05, 4.69) is 0 Å². The van der Waals surface area contributed by atoms with Crippen molar-refractivity contribution in [1.82, 2.24) is 4.90 Å². The first-order valence-corrected chi connectivity index (χ1v) is 10.7. The van der Waals surface area contributed by atoms with Crippen LogP contribution in [0.15, 0.2) is 48.5 Å². The van der Waals surface area contributed by atoms with Gasteiger partial charge < -0.3 is 4.90 Å². The highest BCUT2D eigenvalue weighted by Crippen LogP contribution is 2.25. The van der Waals surface area contributed by atoms with E-state index in [1.165, 1.54) is 29.2 Å². The Balaban J connectivity index is 1.97. The van der Waals surface area contributed by atoms with Gasteiger partial charge in [-0.2, -0.15) is 0 Å². The number of hydrogen-bond acceptors (Lipinski definition) is 3. The molecule has 1 unspecified atom stereocenters. The second kappa shape index (κ2) is 7.82. The van der Waals surface area contributed by atoms with E-state index < -0.39 is 15.7 Å². The summed E-state index contributed by atoms with van der Waals surface area (Å²) in [7, 11) is -1.51. The summed E-state index contributed by atoms with van der Waals surface area (Å²) in [5.41, 5.74) is 1.69. The van der Waals surface area contributed by atoms with Gasteiger partial charge in [0, 0.05) is 23.7 Å². The lowest BCUT2D eigenvalue weighted by Crippen LogP contribution is -2.38. The smallest absolute Gasteiger partial charge is 0.254 e. The Bertz CT molecular complexity index is 969. The number of rotatable bonds is 4. The molecule has 0 bridgehead atoms. The van der Waals surface area contributed by atoms with Gasteiger partial charge in [0.1, 0.15) is 5.82 Å². The fourth-order valence-corrected chi connectivity index (χ4v) is 4.96. The highest BCUT2D eigenvalue weighted by Gasteiger charge is 2.33. The van der Waals surface area contributed by atoms with Gasteiger partial charge in [0.15, 0.2) is 9.84 Å². The predicted molar refractivity (Wildman–Crippen MR) is 106 cm³/mol. The third-order valence-electron chi connectivity index (χ3n) is 4.64. The Kier molecular flexibility index (Phi) is 5.67. The third-order valence-corrected chi connectivity index (χ3v) is 6.65. The molecule has 1 amide bonds. The maximum absolute atomic E-state index is 13.3. The minimum atomic E-state index is -3.11. The number of hydrogen-bond donors (Lipinski definition) is 0. The average Bonchev–Trinajstić information content (AvgIpc) is 3.01. The van der Waals surface area contributed by atoms with E-state index in [9.17, 15) is 17.6 Å². The van der Waals surface area contributed by atoms with Crippen LogP contribution in [-0.2, 0) is 14.6 Å². The molecule has 142 valence electrons. The van der Waals surface area contributed by atoms with Gasteiger partial charge in [-0.15, -0.1) is 0 Å². The molecular weight excluding hydrogens is 389 g/mol. The molecule has 0 radical (unpaired) electrons. The monoisotopic (exact) mass is 407 g/mol. The SMILES string of the molecule is CN(C(=O)/C(=C/c1ccc(Cl)cc1)c1ccc(F)cc1)C1CCS(=O)(=O)C1. The molecule has 7 heteroatoms. The van der Waals surface area contributed by atoms with E-state index in [1.807, 2.05) is 0 Å². The molecule has 0 aromatic heterocycles. The minimum absolute atomic E-state index is 0.0348. The maximum Gasteiger partial charge on any atom is 0.254 e. The first-order valence-electron chi connectivity index (χ1n) is 8.46. The van der Waals surface area contributed by atoms with Crippen molar-refractivity contribution in [2.45, 2.75) is 12.5 Å². The molecule has 2 aromatic rings. The molecule has 0 aliphatic carbocycles. The molecule has 1 atom stereocenters. The van der Waals surface area contributed by atoms with E-state index >= 15 is 0 Å². The van der Waals surface area contributed by atoms with Crippen molar-refractivity contribution in [2.24, 2.45) is 0 Å². The Morgan fingerprint density at radius 2 is 1.78 bits per heavy atom. The van der Waals surface area contributed by atoms with Crippen LogP contribution in [0.3, 0.4) is 0 Å². The standard InChI is InChI=1S/C20H19ClFNO3S/c1-23(18-10-11-27(25,26)13-18)20(24)19(15-4-8-17(22)9-5-15)12-14-2-6-16(21)7-3-14/h2-9,12,18H,10-11,13H2,1H3/b19-12+. The van der Waals surface area contributed by atoms with Gasteiger partial charge in [-0.05, 0) is 47.9 Å². The summed E-state index contributed by atoms with van der Waals surface area (Å²) >= 11 is 5.91. The Labute approximate surface area is 163 Å². The van der Waals surface area contributed by atoms with Crippen molar-refractivity contribution in [3.05, 3.63) is 70.5 Å². The van der Waals surface area contributed by atoms with Gasteiger partial charge >= 0.3 is 0 Å². The van der Waals surface area contributed by atoms with Crippen LogP contribution in [0.1, 0.15) is 17.5 Å². The lowest BCUT2D eigenvalue weighted by atomic mass is 10.0. The van der Waals surface area contributed by atoms with Crippen LogP contribution in [0.5, 0.6) is 0 Å². The van der Waals surface area contributed by atoms with E-state index in [1.54, 1.807) is 37.4 Å². The van der Waals surface area contributed by atoms with Gasteiger partial charge in [-0.25, -0.2) is 12.8 Å². The number of likely N-dealkylation sites (N-methyl/N-ethyl adjacent to an activating group) is 1. The van der Waals surface area contributed by atoms with Crippen molar-refractivity contribution in [3.63, 3.8) is 0 Å². The first-order chi connectivity index (χ1) is 12.7. The number of benzene rings is 2. The highest BCUT2D eigenvalue weighted by atomic mass is 35.5. The molecule has 1 saturated heterocycles. The summed E-state index contributed by atoms with van der Waals surface area (Å²) in [6, 6.07) is 12.3. The van der Waals surface area contributed by atoms with Gasteiger partial charge in [0.25, 0.3) is 5.91 Å². The fraction of sp³-hybridized carbons (Fsp3) is 0.250. The first kappa shape index (κ1) is 19.6. The normalized spacial score (nSPS) is 19.1. The van der Waals surface area contributed by atoms with E-state index in [0.29, 0.717) is 22.6 Å². The van der Waals surface area contributed by atoms with Crippen molar-refractivity contribution in [1.29, 1.82) is 0 Å². The van der Waals surface area contributed by atoms with E-state index in [-0.39, 0.29) is 23.5 Å². The zero-order valence-electron chi connectivity index (χ0n) is 14.7. The summed E-state index contributed by atoms with van der Waals surface area (Å²) in [5.74, 6) is -0.652. The lowest BCUT2D eigenvalue weighted by Gasteiger charge is -2.25. The Hall–Kier alpha value is -2.18. The number of halogens is 2.